The first kappa shape index (κ1) is 14.0. The molecule has 0 aromatic carbocycles. The Labute approximate surface area is 111 Å². The highest BCUT2D eigenvalue weighted by Crippen LogP contribution is 2.26. The fourth-order valence-electron chi connectivity index (χ4n) is 2.35. The monoisotopic (exact) mass is 288 g/mol. The van der Waals surface area contributed by atoms with Gasteiger partial charge in [0.25, 0.3) is 0 Å². The number of aromatic nitrogens is 1. The maximum atomic E-state index is 11.9. The smallest absolute Gasteiger partial charge is 0.308 e. The third kappa shape index (κ3) is 3.54. The molecule has 0 aliphatic heterocycles. The second-order valence-electron chi connectivity index (χ2n) is 4.79. The molecule has 1 saturated carbocycles. The van der Waals surface area contributed by atoms with E-state index in [-0.39, 0.29) is 5.75 Å². The molecule has 106 valence electrons. The van der Waals surface area contributed by atoms with Crippen molar-refractivity contribution in [1.82, 2.24) is 9.88 Å². The average Bonchev–Trinajstić information content (AvgIpc) is 2.86. The van der Waals surface area contributed by atoms with Gasteiger partial charge in [0, 0.05) is 12.1 Å². The first-order valence-corrected chi connectivity index (χ1v) is 7.67. The Hall–Kier alpha value is -1.41. The van der Waals surface area contributed by atoms with Crippen LogP contribution in [0, 0.1) is 12.8 Å². The van der Waals surface area contributed by atoms with Gasteiger partial charge in [0.1, 0.15) is 17.2 Å². The quantitative estimate of drug-likeness (QED) is 0.823. The van der Waals surface area contributed by atoms with Crippen molar-refractivity contribution in [2.24, 2.45) is 5.92 Å². The van der Waals surface area contributed by atoms with Gasteiger partial charge in [-0.05, 0) is 19.8 Å². The van der Waals surface area contributed by atoms with Gasteiger partial charge in [-0.2, -0.15) is 0 Å². The third-order valence-corrected chi connectivity index (χ3v) is 4.52. The summed E-state index contributed by atoms with van der Waals surface area (Å²) in [5.41, 5.74) is 0.315. The van der Waals surface area contributed by atoms with Crippen LogP contribution >= 0.6 is 0 Å². The molecule has 1 aromatic rings. The highest BCUT2D eigenvalue weighted by atomic mass is 32.2. The van der Waals surface area contributed by atoms with Gasteiger partial charge >= 0.3 is 5.97 Å². The minimum absolute atomic E-state index is 0.298. The largest absolute Gasteiger partial charge is 0.481 e. The lowest BCUT2D eigenvalue weighted by molar-refractivity contribution is -0.141. The molecular weight excluding hydrogens is 272 g/mol. The molecule has 8 heteroatoms. The van der Waals surface area contributed by atoms with E-state index in [4.69, 9.17) is 9.63 Å². The molecule has 2 rings (SSSR count). The van der Waals surface area contributed by atoms with Crippen molar-refractivity contribution in [3.05, 3.63) is 17.5 Å². The van der Waals surface area contributed by atoms with E-state index in [1.807, 2.05) is 0 Å². The van der Waals surface area contributed by atoms with Crippen molar-refractivity contribution in [3.63, 3.8) is 0 Å². The van der Waals surface area contributed by atoms with Crippen LogP contribution < -0.4 is 4.72 Å². The summed E-state index contributed by atoms with van der Waals surface area (Å²) in [7, 11) is -3.61. The maximum absolute atomic E-state index is 11.9. The molecule has 2 unspecified atom stereocenters. The SMILES string of the molecule is Cc1cc(CS(=O)(=O)NC2CCCC2C(=O)O)no1. The molecule has 1 aliphatic carbocycles. The normalized spacial score (nSPS) is 23.6. The van der Waals surface area contributed by atoms with Gasteiger partial charge < -0.3 is 9.63 Å². The van der Waals surface area contributed by atoms with Crippen molar-refractivity contribution in [2.45, 2.75) is 38.0 Å². The summed E-state index contributed by atoms with van der Waals surface area (Å²) in [6, 6.07) is 1.01. The Kier molecular flexibility index (Phi) is 3.91. The second kappa shape index (κ2) is 5.30. The van der Waals surface area contributed by atoms with E-state index in [1.165, 1.54) is 0 Å². The summed E-state index contributed by atoms with van der Waals surface area (Å²) in [5.74, 6) is -1.36. The van der Waals surface area contributed by atoms with Crippen LogP contribution in [-0.2, 0) is 20.6 Å². The van der Waals surface area contributed by atoms with Crippen LogP contribution in [0.5, 0.6) is 0 Å². The molecule has 2 atom stereocenters. The lowest BCUT2D eigenvalue weighted by Crippen LogP contribution is -2.40. The zero-order chi connectivity index (χ0) is 14.0. The van der Waals surface area contributed by atoms with Crippen molar-refractivity contribution in [2.75, 3.05) is 0 Å². The van der Waals surface area contributed by atoms with E-state index < -0.39 is 28.0 Å². The van der Waals surface area contributed by atoms with Crippen LogP contribution in [0.25, 0.3) is 0 Å². The highest BCUT2D eigenvalue weighted by Gasteiger charge is 2.35. The lowest BCUT2D eigenvalue weighted by atomic mass is 10.1. The van der Waals surface area contributed by atoms with Crippen molar-refractivity contribution in [3.8, 4) is 0 Å². The van der Waals surface area contributed by atoms with Crippen molar-refractivity contribution < 1.29 is 22.8 Å². The average molecular weight is 288 g/mol. The standard InChI is InChI=1S/C11H16N2O5S/c1-7-5-8(12-18-7)6-19(16,17)13-10-4-2-3-9(10)11(14)15/h5,9-10,13H,2-4,6H2,1H3,(H,14,15). The fraction of sp³-hybridized carbons (Fsp3) is 0.636. The van der Waals surface area contributed by atoms with Crippen LogP contribution in [0.1, 0.15) is 30.7 Å². The van der Waals surface area contributed by atoms with E-state index in [9.17, 15) is 13.2 Å². The third-order valence-electron chi connectivity index (χ3n) is 3.18. The minimum atomic E-state index is -3.61. The van der Waals surface area contributed by atoms with Gasteiger partial charge in [0.05, 0.1) is 5.92 Å². The van der Waals surface area contributed by atoms with E-state index >= 15 is 0 Å². The number of carboxylic acid groups (broad SMARTS) is 1. The molecule has 1 aliphatic rings. The van der Waals surface area contributed by atoms with Gasteiger partial charge in [-0.15, -0.1) is 0 Å². The molecule has 0 spiro atoms. The minimum Gasteiger partial charge on any atom is -0.481 e. The molecule has 0 radical (unpaired) electrons. The van der Waals surface area contributed by atoms with Crippen molar-refractivity contribution in [1.29, 1.82) is 0 Å². The molecule has 2 N–H and O–H groups in total. The molecule has 1 heterocycles. The Morgan fingerprint density at radius 3 is 2.89 bits per heavy atom. The molecule has 0 amide bonds. The number of aliphatic carboxylic acids is 1. The molecular formula is C11H16N2O5S. The number of carboxylic acids is 1. The number of aryl methyl sites for hydroxylation is 1. The predicted octanol–water partition coefficient (Wildman–Crippen LogP) is 0.656. The van der Waals surface area contributed by atoms with Crippen LogP contribution in [0.3, 0.4) is 0 Å². The van der Waals surface area contributed by atoms with Crippen LogP contribution in [-0.4, -0.2) is 30.7 Å². The van der Waals surface area contributed by atoms with Gasteiger partial charge in [-0.3, -0.25) is 4.79 Å². The summed E-state index contributed by atoms with van der Waals surface area (Å²) in [5, 5.41) is 12.6. The lowest BCUT2D eigenvalue weighted by Gasteiger charge is -2.17. The van der Waals surface area contributed by atoms with Crippen LogP contribution in [0.15, 0.2) is 10.6 Å². The summed E-state index contributed by atoms with van der Waals surface area (Å²) in [6.45, 7) is 1.67. The van der Waals surface area contributed by atoms with Crippen molar-refractivity contribution >= 4 is 16.0 Å². The van der Waals surface area contributed by atoms with E-state index in [0.29, 0.717) is 30.7 Å². The number of nitrogens with one attached hydrogen (secondary N) is 1. The van der Waals surface area contributed by atoms with Gasteiger partial charge in [-0.25, -0.2) is 13.1 Å². The van der Waals surface area contributed by atoms with Gasteiger partial charge in [0.2, 0.25) is 10.0 Å². The van der Waals surface area contributed by atoms with E-state index in [0.717, 1.165) is 0 Å². The number of sulfonamides is 1. The molecule has 7 nitrogen and oxygen atoms in total. The Bertz CT molecular complexity index is 565. The highest BCUT2D eigenvalue weighted by molar-refractivity contribution is 7.88. The zero-order valence-corrected chi connectivity index (χ0v) is 11.3. The van der Waals surface area contributed by atoms with Crippen LogP contribution in [0.4, 0.5) is 0 Å². The number of hydrogen-bond donors (Lipinski definition) is 2. The molecule has 0 bridgehead atoms. The molecule has 0 saturated heterocycles. The summed E-state index contributed by atoms with van der Waals surface area (Å²) >= 11 is 0. The fourth-order valence-corrected chi connectivity index (χ4v) is 3.70. The Balaban J connectivity index is 2.03. The number of carbonyl (C=O) groups is 1. The zero-order valence-electron chi connectivity index (χ0n) is 10.5. The summed E-state index contributed by atoms with van der Waals surface area (Å²) in [4.78, 5) is 11.0. The Morgan fingerprint density at radius 2 is 2.32 bits per heavy atom. The number of hydrogen-bond acceptors (Lipinski definition) is 5. The number of nitrogens with zero attached hydrogens (tertiary/aromatic N) is 1. The molecule has 1 fully saturated rings. The van der Waals surface area contributed by atoms with Crippen LogP contribution in [0.2, 0.25) is 0 Å². The topological polar surface area (TPSA) is 110 Å². The van der Waals surface area contributed by atoms with E-state index in [1.54, 1.807) is 13.0 Å². The summed E-state index contributed by atoms with van der Waals surface area (Å²) < 4.78 is 31.2. The molecule has 19 heavy (non-hydrogen) atoms. The predicted molar refractivity (Wildman–Crippen MR) is 65.8 cm³/mol. The first-order chi connectivity index (χ1) is 8.87. The van der Waals surface area contributed by atoms with Gasteiger partial charge in [-0.1, -0.05) is 11.6 Å². The second-order valence-corrected chi connectivity index (χ2v) is 6.54. The molecule has 1 aromatic heterocycles. The number of rotatable bonds is 5. The Morgan fingerprint density at radius 1 is 1.58 bits per heavy atom. The van der Waals surface area contributed by atoms with Gasteiger partial charge in [0.15, 0.2) is 0 Å². The van der Waals surface area contributed by atoms with E-state index in [2.05, 4.69) is 9.88 Å². The first-order valence-electron chi connectivity index (χ1n) is 6.02. The summed E-state index contributed by atoms with van der Waals surface area (Å²) in [6.07, 6.45) is 1.77. The maximum Gasteiger partial charge on any atom is 0.308 e.